The summed E-state index contributed by atoms with van der Waals surface area (Å²) in [5.74, 6) is 0. The van der Waals surface area contributed by atoms with Gasteiger partial charge >= 0.3 is 0 Å². The summed E-state index contributed by atoms with van der Waals surface area (Å²) in [5, 5.41) is 10.7. The molecule has 0 amide bonds. The third kappa shape index (κ3) is 2.60. The summed E-state index contributed by atoms with van der Waals surface area (Å²) in [6.07, 6.45) is 3.64. The number of nitrogens with zero attached hydrogens (tertiary/aromatic N) is 2. The van der Waals surface area contributed by atoms with Crippen LogP contribution in [0.4, 0.5) is 11.4 Å². The molecule has 0 N–H and O–H groups in total. The fourth-order valence-corrected chi connectivity index (χ4v) is 2.89. The van der Waals surface area contributed by atoms with Gasteiger partial charge in [-0.3, -0.25) is 10.1 Å². The third-order valence-corrected chi connectivity index (χ3v) is 3.89. The maximum atomic E-state index is 10.7. The minimum Gasteiger partial charge on any atom is -0.368 e. The number of rotatable bonds is 2. The van der Waals surface area contributed by atoms with E-state index in [4.69, 9.17) is 0 Å². The highest BCUT2D eigenvalue weighted by molar-refractivity contribution is 9.10. The van der Waals surface area contributed by atoms with Gasteiger partial charge in [-0.2, -0.15) is 0 Å². The molecule has 0 radical (unpaired) electrons. The van der Waals surface area contributed by atoms with Crippen LogP contribution in [-0.2, 0) is 0 Å². The summed E-state index contributed by atoms with van der Waals surface area (Å²) in [6, 6.07) is 5.49. The van der Waals surface area contributed by atoms with Gasteiger partial charge in [0.25, 0.3) is 5.69 Å². The van der Waals surface area contributed by atoms with Crippen molar-refractivity contribution < 1.29 is 4.92 Å². The second-order valence-corrected chi connectivity index (χ2v) is 5.29. The van der Waals surface area contributed by atoms with Gasteiger partial charge in [0, 0.05) is 29.2 Å². The number of hydrogen-bond acceptors (Lipinski definition) is 3. The molecule has 0 saturated carbocycles. The molecule has 1 heterocycles. The molecule has 1 atom stereocenters. The highest BCUT2D eigenvalue weighted by Gasteiger charge is 2.21. The number of anilines is 1. The Kier molecular flexibility index (Phi) is 3.66. The van der Waals surface area contributed by atoms with Crippen LogP contribution in [0.2, 0.25) is 0 Å². The van der Waals surface area contributed by atoms with Crippen molar-refractivity contribution in [3.8, 4) is 0 Å². The lowest BCUT2D eigenvalue weighted by Crippen LogP contribution is -2.37. The number of hydrogen-bond donors (Lipinski definition) is 0. The molecular weight excluding hydrogens is 284 g/mol. The Balaban J connectivity index is 2.29. The van der Waals surface area contributed by atoms with Crippen molar-refractivity contribution in [2.45, 2.75) is 32.2 Å². The van der Waals surface area contributed by atoms with E-state index in [0.717, 1.165) is 16.7 Å². The highest BCUT2D eigenvalue weighted by atomic mass is 79.9. The van der Waals surface area contributed by atoms with Gasteiger partial charge < -0.3 is 4.90 Å². The molecule has 0 aliphatic carbocycles. The van der Waals surface area contributed by atoms with Crippen LogP contribution in [0.5, 0.6) is 0 Å². The molecule has 2 rings (SSSR count). The van der Waals surface area contributed by atoms with E-state index >= 15 is 0 Å². The van der Waals surface area contributed by atoms with Crippen LogP contribution >= 0.6 is 15.9 Å². The standard InChI is InChI=1S/C12H15BrN2O2/c1-9-4-2-3-7-14(9)12-6-5-10(15(16)17)8-11(12)13/h5-6,8-9H,2-4,7H2,1H3. The van der Waals surface area contributed by atoms with E-state index < -0.39 is 0 Å². The van der Waals surface area contributed by atoms with Crippen molar-refractivity contribution in [1.82, 2.24) is 0 Å². The van der Waals surface area contributed by atoms with E-state index in [0.29, 0.717) is 6.04 Å². The first-order valence-electron chi connectivity index (χ1n) is 5.80. The molecular formula is C12H15BrN2O2. The molecule has 0 aromatic heterocycles. The second kappa shape index (κ2) is 5.04. The minimum absolute atomic E-state index is 0.130. The van der Waals surface area contributed by atoms with Crippen LogP contribution < -0.4 is 4.90 Å². The second-order valence-electron chi connectivity index (χ2n) is 4.43. The lowest BCUT2D eigenvalue weighted by atomic mass is 10.0. The molecule has 1 aliphatic rings. The number of benzene rings is 1. The quantitative estimate of drug-likeness (QED) is 0.617. The molecule has 1 aromatic rings. The Bertz CT molecular complexity index is 437. The molecule has 92 valence electrons. The highest BCUT2D eigenvalue weighted by Crippen LogP contribution is 2.33. The monoisotopic (exact) mass is 298 g/mol. The van der Waals surface area contributed by atoms with Gasteiger partial charge in [-0.1, -0.05) is 0 Å². The first-order chi connectivity index (χ1) is 8.09. The Morgan fingerprint density at radius 1 is 1.47 bits per heavy atom. The van der Waals surface area contributed by atoms with Gasteiger partial charge in [-0.25, -0.2) is 0 Å². The Morgan fingerprint density at radius 2 is 2.24 bits per heavy atom. The number of nitro benzene ring substituents is 1. The first-order valence-corrected chi connectivity index (χ1v) is 6.59. The van der Waals surface area contributed by atoms with Crippen molar-refractivity contribution in [3.63, 3.8) is 0 Å². The summed E-state index contributed by atoms with van der Waals surface area (Å²) < 4.78 is 0.806. The van der Waals surface area contributed by atoms with Crippen molar-refractivity contribution in [2.24, 2.45) is 0 Å². The Hall–Kier alpha value is -1.10. The SMILES string of the molecule is CC1CCCCN1c1ccc([N+](=O)[O-])cc1Br. The summed E-state index contributed by atoms with van der Waals surface area (Å²) >= 11 is 3.43. The Morgan fingerprint density at radius 3 is 2.82 bits per heavy atom. The van der Waals surface area contributed by atoms with E-state index in [2.05, 4.69) is 27.8 Å². The smallest absolute Gasteiger partial charge is 0.270 e. The van der Waals surface area contributed by atoms with Crippen molar-refractivity contribution in [3.05, 3.63) is 32.8 Å². The lowest BCUT2D eigenvalue weighted by Gasteiger charge is -2.36. The summed E-state index contributed by atoms with van der Waals surface area (Å²) in [7, 11) is 0. The zero-order valence-corrected chi connectivity index (χ0v) is 11.3. The number of halogens is 1. The van der Waals surface area contributed by atoms with Crippen LogP contribution in [0, 0.1) is 10.1 Å². The van der Waals surface area contributed by atoms with Crippen LogP contribution in [0.25, 0.3) is 0 Å². The van der Waals surface area contributed by atoms with Crippen molar-refractivity contribution in [2.75, 3.05) is 11.4 Å². The van der Waals surface area contributed by atoms with E-state index in [1.807, 2.05) is 6.07 Å². The average Bonchev–Trinajstić information content (AvgIpc) is 2.30. The summed E-state index contributed by atoms with van der Waals surface area (Å²) in [6.45, 7) is 3.23. The lowest BCUT2D eigenvalue weighted by molar-refractivity contribution is -0.384. The minimum atomic E-state index is -0.367. The summed E-state index contributed by atoms with van der Waals surface area (Å²) in [5.41, 5.74) is 1.19. The van der Waals surface area contributed by atoms with Crippen LogP contribution in [0.15, 0.2) is 22.7 Å². The number of piperidine rings is 1. The van der Waals surface area contributed by atoms with Crippen LogP contribution in [0.3, 0.4) is 0 Å². The van der Waals surface area contributed by atoms with Crippen molar-refractivity contribution >= 4 is 27.3 Å². The number of non-ortho nitro benzene ring substituents is 1. The third-order valence-electron chi connectivity index (χ3n) is 3.25. The maximum Gasteiger partial charge on any atom is 0.270 e. The molecule has 1 aliphatic heterocycles. The van der Waals surface area contributed by atoms with Gasteiger partial charge in [0.05, 0.1) is 10.6 Å². The van der Waals surface area contributed by atoms with E-state index in [1.165, 1.54) is 19.3 Å². The fraction of sp³-hybridized carbons (Fsp3) is 0.500. The van der Waals surface area contributed by atoms with E-state index in [-0.39, 0.29) is 10.6 Å². The normalized spacial score (nSPS) is 20.4. The van der Waals surface area contributed by atoms with E-state index in [1.54, 1.807) is 12.1 Å². The molecule has 5 heteroatoms. The first kappa shape index (κ1) is 12.4. The zero-order valence-electron chi connectivity index (χ0n) is 9.73. The van der Waals surface area contributed by atoms with E-state index in [9.17, 15) is 10.1 Å². The molecule has 0 spiro atoms. The molecule has 1 saturated heterocycles. The van der Waals surface area contributed by atoms with Crippen molar-refractivity contribution in [1.29, 1.82) is 0 Å². The Labute approximate surface area is 109 Å². The molecule has 1 unspecified atom stereocenters. The molecule has 4 nitrogen and oxygen atoms in total. The van der Waals surface area contributed by atoms with Gasteiger partial charge in [-0.15, -0.1) is 0 Å². The predicted octanol–water partition coefficient (Wildman–Crippen LogP) is 3.74. The molecule has 0 bridgehead atoms. The van der Waals surface area contributed by atoms with Gasteiger partial charge in [0.1, 0.15) is 0 Å². The molecule has 1 fully saturated rings. The van der Waals surface area contributed by atoms with Gasteiger partial charge in [-0.05, 0) is 48.2 Å². The van der Waals surface area contributed by atoms with Gasteiger partial charge in [0.2, 0.25) is 0 Å². The molecule has 1 aromatic carbocycles. The topological polar surface area (TPSA) is 46.4 Å². The largest absolute Gasteiger partial charge is 0.368 e. The van der Waals surface area contributed by atoms with Crippen LogP contribution in [-0.4, -0.2) is 17.5 Å². The molecule has 17 heavy (non-hydrogen) atoms. The predicted molar refractivity (Wildman–Crippen MR) is 71.5 cm³/mol. The average molecular weight is 299 g/mol. The fourth-order valence-electron chi connectivity index (χ4n) is 2.30. The maximum absolute atomic E-state index is 10.7. The van der Waals surface area contributed by atoms with Gasteiger partial charge in [0.15, 0.2) is 0 Å². The van der Waals surface area contributed by atoms with Crippen LogP contribution in [0.1, 0.15) is 26.2 Å². The zero-order chi connectivity index (χ0) is 12.4. The number of nitro groups is 1. The summed E-state index contributed by atoms with van der Waals surface area (Å²) in [4.78, 5) is 12.6.